The van der Waals surface area contributed by atoms with Crippen LogP contribution in [-0.2, 0) is 9.59 Å². The molecule has 0 bridgehead atoms. The maximum absolute atomic E-state index is 9.74. The lowest BCUT2D eigenvalue weighted by atomic mass is 10.9. The van der Waals surface area contributed by atoms with Crippen molar-refractivity contribution in [2.24, 2.45) is 0 Å². The summed E-state index contributed by atoms with van der Waals surface area (Å²) in [5, 5.41) is 0. The Kier molecular flexibility index (Phi) is 2.47. The van der Waals surface area contributed by atoms with E-state index in [4.69, 9.17) is 0 Å². The molecule has 34 valence electrons. The minimum Gasteiger partial charge on any atom is -0.286 e. The quantitative estimate of drug-likeness (QED) is 0.356. The summed E-state index contributed by atoms with van der Waals surface area (Å²) in [7, 11) is 3.53. The molecule has 0 N–H and O–H groups in total. The van der Waals surface area contributed by atoms with Crippen LogP contribution in [0.4, 0.5) is 0 Å². The van der Waals surface area contributed by atoms with Crippen LogP contribution in [0.5, 0.6) is 0 Å². The molecular formula is C2H4O2P2. The zero-order valence-corrected chi connectivity index (χ0v) is 5.28. The van der Waals surface area contributed by atoms with E-state index >= 15 is 0 Å². The van der Waals surface area contributed by atoms with Gasteiger partial charge in [-0.05, 0) is 0 Å². The molecule has 0 spiro atoms. The second-order valence-electron chi connectivity index (χ2n) is 0.729. The first-order chi connectivity index (χ1) is 2.64. The smallest absolute Gasteiger partial charge is 0.217 e. The minimum atomic E-state index is -0.500. The third-order valence-corrected chi connectivity index (χ3v) is 1.15. The summed E-state index contributed by atoms with van der Waals surface area (Å²) in [5.41, 5.74) is -1.000. The Hall–Kier alpha value is 0.200. The molecule has 4 heteroatoms. The highest BCUT2D eigenvalue weighted by Crippen LogP contribution is 1.92. The van der Waals surface area contributed by atoms with E-state index in [9.17, 15) is 9.59 Å². The summed E-state index contributed by atoms with van der Waals surface area (Å²) in [6.45, 7) is 0. The second kappa shape index (κ2) is 2.39. The van der Waals surface area contributed by atoms with Gasteiger partial charge in [-0.2, -0.15) is 0 Å². The highest BCUT2D eigenvalue weighted by molar-refractivity contribution is 7.58. The van der Waals surface area contributed by atoms with Crippen molar-refractivity contribution < 1.29 is 9.59 Å². The standard InChI is InChI=1S/C2H4O2P2/c3-1(5)2(4)6/h5-6H2. The number of rotatable bonds is 1. The van der Waals surface area contributed by atoms with Gasteiger partial charge in [-0.25, -0.2) is 0 Å². The molecule has 0 aliphatic heterocycles. The lowest BCUT2D eigenvalue weighted by molar-refractivity contribution is -0.126. The van der Waals surface area contributed by atoms with Crippen LogP contribution in [0.3, 0.4) is 0 Å². The maximum Gasteiger partial charge on any atom is 0.217 e. The lowest BCUT2D eigenvalue weighted by Crippen LogP contribution is -1.92. The van der Waals surface area contributed by atoms with E-state index in [0.29, 0.717) is 0 Å². The predicted molar refractivity (Wildman–Crippen MR) is 29.4 cm³/mol. The van der Waals surface area contributed by atoms with Crippen molar-refractivity contribution in [2.45, 2.75) is 0 Å². The van der Waals surface area contributed by atoms with Gasteiger partial charge in [0.05, 0.1) is 0 Å². The van der Waals surface area contributed by atoms with Gasteiger partial charge < -0.3 is 0 Å². The first-order valence-electron chi connectivity index (χ1n) is 1.24. The molecule has 0 fully saturated rings. The average Bonchev–Trinajstić information content (AvgIpc) is 1.36. The topological polar surface area (TPSA) is 34.1 Å². The van der Waals surface area contributed by atoms with Crippen molar-refractivity contribution in [3.05, 3.63) is 0 Å². The van der Waals surface area contributed by atoms with Crippen molar-refractivity contribution in [3.8, 4) is 0 Å². The van der Waals surface area contributed by atoms with Gasteiger partial charge in [-0.1, -0.05) is 18.5 Å². The zero-order valence-electron chi connectivity index (χ0n) is 2.97. The van der Waals surface area contributed by atoms with Gasteiger partial charge in [0.25, 0.3) is 0 Å². The van der Waals surface area contributed by atoms with Crippen LogP contribution in [0.2, 0.25) is 0 Å². The fourth-order valence-electron chi connectivity index (χ4n) is 0. The zero-order chi connectivity index (χ0) is 5.15. The van der Waals surface area contributed by atoms with Gasteiger partial charge >= 0.3 is 0 Å². The largest absolute Gasteiger partial charge is 0.286 e. The van der Waals surface area contributed by atoms with E-state index in [1.54, 1.807) is 18.5 Å². The highest BCUT2D eigenvalue weighted by atomic mass is 31.0. The average molecular weight is 122 g/mol. The van der Waals surface area contributed by atoms with Crippen LogP contribution in [0.25, 0.3) is 0 Å². The molecule has 2 nitrogen and oxygen atoms in total. The van der Waals surface area contributed by atoms with Gasteiger partial charge in [0.1, 0.15) is 0 Å². The molecule has 0 aliphatic rings. The van der Waals surface area contributed by atoms with Crippen molar-refractivity contribution >= 4 is 29.5 Å². The van der Waals surface area contributed by atoms with Crippen LogP contribution < -0.4 is 0 Å². The lowest BCUT2D eigenvalue weighted by Gasteiger charge is -1.73. The van der Waals surface area contributed by atoms with Crippen LogP contribution >= 0.6 is 18.5 Å². The molecule has 0 rings (SSSR count). The maximum atomic E-state index is 9.74. The Morgan fingerprint density at radius 1 is 1.00 bits per heavy atom. The Morgan fingerprint density at radius 3 is 1.17 bits per heavy atom. The summed E-state index contributed by atoms with van der Waals surface area (Å²) in [5.74, 6) is 0. The molecule has 0 aromatic heterocycles. The summed E-state index contributed by atoms with van der Waals surface area (Å²) in [6.07, 6.45) is 0. The molecule has 0 amide bonds. The predicted octanol–water partition coefficient (Wildman–Crippen LogP) is -0.210. The molecule has 0 saturated carbocycles. The van der Waals surface area contributed by atoms with E-state index in [2.05, 4.69) is 0 Å². The third-order valence-electron chi connectivity index (χ3n) is 0.243. The molecule has 6 heavy (non-hydrogen) atoms. The summed E-state index contributed by atoms with van der Waals surface area (Å²) in [4.78, 5) is 19.5. The molecular weight excluding hydrogens is 118 g/mol. The summed E-state index contributed by atoms with van der Waals surface area (Å²) < 4.78 is 0. The number of carbonyl (C=O) groups excluding carboxylic acids is 2. The van der Waals surface area contributed by atoms with Crippen LogP contribution in [0, 0.1) is 0 Å². The number of hydrogen-bond donors (Lipinski definition) is 0. The third kappa shape index (κ3) is 2.44. The molecule has 0 aromatic rings. The first kappa shape index (κ1) is 6.20. The van der Waals surface area contributed by atoms with Crippen LogP contribution in [-0.4, -0.2) is 11.0 Å². The van der Waals surface area contributed by atoms with Crippen molar-refractivity contribution in [3.63, 3.8) is 0 Å². The molecule has 2 unspecified atom stereocenters. The molecule has 0 heterocycles. The summed E-state index contributed by atoms with van der Waals surface area (Å²) >= 11 is 0. The molecule has 0 aliphatic carbocycles. The van der Waals surface area contributed by atoms with Crippen LogP contribution in [0.1, 0.15) is 0 Å². The second-order valence-corrected chi connectivity index (χ2v) is 1.78. The van der Waals surface area contributed by atoms with Crippen molar-refractivity contribution in [1.82, 2.24) is 0 Å². The fraction of sp³-hybridized carbons (Fsp3) is 0. The van der Waals surface area contributed by atoms with Gasteiger partial charge in [-0.15, -0.1) is 0 Å². The van der Waals surface area contributed by atoms with Gasteiger partial charge in [0.2, 0.25) is 11.0 Å². The Balaban J connectivity index is 3.57. The Morgan fingerprint density at radius 2 is 1.17 bits per heavy atom. The van der Waals surface area contributed by atoms with Crippen LogP contribution in [0.15, 0.2) is 0 Å². The Labute approximate surface area is 40.1 Å². The molecule has 0 aromatic carbocycles. The Bertz CT molecular complexity index is 75.5. The van der Waals surface area contributed by atoms with E-state index in [1.165, 1.54) is 0 Å². The van der Waals surface area contributed by atoms with E-state index in [1.807, 2.05) is 0 Å². The monoisotopic (exact) mass is 122 g/mol. The number of carbonyl (C=O) groups is 2. The van der Waals surface area contributed by atoms with Crippen molar-refractivity contribution in [2.75, 3.05) is 0 Å². The van der Waals surface area contributed by atoms with Gasteiger partial charge in [-0.3, -0.25) is 9.59 Å². The van der Waals surface area contributed by atoms with Gasteiger partial charge in [0, 0.05) is 0 Å². The number of hydrogen-bond acceptors (Lipinski definition) is 2. The fourth-order valence-corrected chi connectivity index (χ4v) is 0. The summed E-state index contributed by atoms with van der Waals surface area (Å²) in [6, 6.07) is 0. The SMILES string of the molecule is O=C(P)C(=O)P. The first-order valence-corrected chi connectivity index (χ1v) is 2.39. The van der Waals surface area contributed by atoms with Crippen molar-refractivity contribution in [1.29, 1.82) is 0 Å². The van der Waals surface area contributed by atoms with E-state index in [0.717, 1.165) is 0 Å². The normalized spacial score (nSPS) is 7.67. The highest BCUT2D eigenvalue weighted by Gasteiger charge is 1.94. The minimum absolute atomic E-state index is 0.500. The molecule has 0 radical (unpaired) electrons. The van der Waals surface area contributed by atoms with E-state index < -0.39 is 11.0 Å². The molecule has 0 saturated heterocycles. The van der Waals surface area contributed by atoms with E-state index in [-0.39, 0.29) is 0 Å². The van der Waals surface area contributed by atoms with Gasteiger partial charge in [0.15, 0.2) is 0 Å². The molecule has 2 atom stereocenters.